The summed E-state index contributed by atoms with van der Waals surface area (Å²) in [6.07, 6.45) is 1.28. The molecule has 0 spiro atoms. The smallest absolute Gasteiger partial charge is 0.222 e. The van der Waals surface area contributed by atoms with Gasteiger partial charge in [-0.2, -0.15) is 0 Å². The summed E-state index contributed by atoms with van der Waals surface area (Å²) in [4.78, 5) is 13.1. The van der Waals surface area contributed by atoms with Crippen LogP contribution in [0, 0.1) is 5.82 Å². The number of hydrogen-bond donors (Lipinski definition) is 0. The van der Waals surface area contributed by atoms with E-state index in [0.717, 1.165) is 17.3 Å². The molecule has 5 nitrogen and oxygen atoms in total. The number of amides is 1. The quantitative estimate of drug-likeness (QED) is 0.606. The summed E-state index contributed by atoms with van der Waals surface area (Å²) in [7, 11) is 5.31. The van der Waals surface area contributed by atoms with Crippen LogP contribution >= 0.6 is 11.8 Å². The standard InChI is InChI=1S/C15H19FN4OS/c1-19(2)13(21)9-6-10-22-15-18-17-14(20(15)3)11-7-4-5-8-12(11)16/h4-5,7-8H,6,9-10H2,1-3H3. The van der Waals surface area contributed by atoms with E-state index in [9.17, 15) is 9.18 Å². The molecule has 0 aliphatic carbocycles. The lowest BCUT2D eigenvalue weighted by Gasteiger charge is -2.09. The number of halogens is 1. The summed E-state index contributed by atoms with van der Waals surface area (Å²) < 4.78 is 15.6. The van der Waals surface area contributed by atoms with E-state index in [1.165, 1.54) is 17.8 Å². The van der Waals surface area contributed by atoms with Crippen LogP contribution in [0.5, 0.6) is 0 Å². The van der Waals surface area contributed by atoms with Gasteiger partial charge in [0.05, 0.1) is 5.56 Å². The van der Waals surface area contributed by atoms with Crippen molar-refractivity contribution in [2.45, 2.75) is 18.0 Å². The number of rotatable bonds is 6. The molecule has 0 atom stereocenters. The number of carbonyl (C=O) groups is 1. The molecule has 0 aliphatic rings. The lowest BCUT2D eigenvalue weighted by atomic mass is 10.2. The molecule has 1 aromatic heterocycles. The second-order valence-electron chi connectivity index (χ2n) is 5.09. The van der Waals surface area contributed by atoms with E-state index in [0.29, 0.717) is 17.8 Å². The maximum Gasteiger partial charge on any atom is 0.222 e. The minimum atomic E-state index is -0.314. The monoisotopic (exact) mass is 322 g/mol. The molecule has 0 saturated heterocycles. The molecule has 1 heterocycles. The molecule has 118 valence electrons. The number of hydrogen-bond acceptors (Lipinski definition) is 4. The van der Waals surface area contributed by atoms with Gasteiger partial charge in [-0.25, -0.2) is 4.39 Å². The van der Waals surface area contributed by atoms with Gasteiger partial charge < -0.3 is 9.47 Å². The van der Waals surface area contributed by atoms with Crippen molar-refractivity contribution in [1.29, 1.82) is 0 Å². The molecular formula is C15H19FN4OS. The first kappa shape index (κ1) is 16.5. The Morgan fingerprint density at radius 1 is 1.32 bits per heavy atom. The van der Waals surface area contributed by atoms with Crippen LogP contribution in [0.2, 0.25) is 0 Å². The summed E-state index contributed by atoms with van der Waals surface area (Å²) in [6.45, 7) is 0. The highest BCUT2D eigenvalue weighted by atomic mass is 32.2. The van der Waals surface area contributed by atoms with E-state index in [4.69, 9.17) is 0 Å². The van der Waals surface area contributed by atoms with Gasteiger partial charge in [0.25, 0.3) is 0 Å². The van der Waals surface area contributed by atoms with Gasteiger partial charge in [0.15, 0.2) is 11.0 Å². The maximum atomic E-state index is 13.8. The predicted octanol–water partition coefficient (Wildman–Crippen LogP) is 2.58. The Morgan fingerprint density at radius 3 is 2.73 bits per heavy atom. The summed E-state index contributed by atoms with van der Waals surface area (Å²) in [6, 6.07) is 6.51. The van der Waals surface area contributed by atoms with Crippen molar-refractivity contribution in [2.24, 2.45) is 7.05 Å². The van der Waals surface area contributed by atoms with Crippen LogP contribution in [0.1, 0.15) is 12.8 Å². The molecule has 0 N–H and O–H groups in total. The Hall–Kier alpha value is -1.89. The number of nitrogens with zero attached hydrogens (tertiary/aromatic N) is 4. The third-order valence-corrected chi connectivity index (χ3v) is 4.32. The van der Waals surface area contributed by atoms with Crippen LogP contribution in [0.3, 0.4) is 0 Å². The average Bonchev–Trinajstić information content (AvgIpc) is 2.85. The molecule has 7 heteroatoms. The first-order chi connectivity index (χ1) is 10.5. The van der Waals surface area contributed by atoms with Crippen LogP contribution in [-0.4, -0.2) is 45.4 Å². The minimum Gasteiger partial charge on any atom is -0.349 e. The Kier molecular flexibility index (Phi) is 5.54. The SMILES string of the molecule is CN(C)C(=O)CCCSc1nnc(-c2ccccc2F)n1C. The lowest BCUT2D eigenvalue weighted by Crippen LogP contribution is -2.21. The molecule has 0 saturated carbocycles. The summed E-state index contributed by atoms with van der Waals surface area (Å²) >= 11 is 1.52. The predicted molar refractivity (Wildman–Crippen MR) is 85.0 cm³/mol. The van der Waals surface area contributed by atoms with Gasteiger partial charge in [0.2, 0.25) is 5.91 Å². The number of benzene rings is 1. The average molecular weight is 322 g/mol. The van der Waals surface area contributed by atoms with Crippen LogP contribution in [-0.2, 0) is 11.8 Å². The molecule has 0 fully saturated rings. The highest BCUT2D eigenvalue weighted by Crippen LogP contribution is 2.25. The van der Waals surface area contributed by atoms with E-state index in [1.54, 1.807) is 41.8 Å². The van der Waals surface area contributed by atoms with Crippen molar-refractivity contribution in [3.63, 3.8) is 0 Å². The fourth-order valence-electron chi connectivity index (χ4n) is 1.93. The normalized spacial score (nSPS) is 10.7. The van der Waals surface area contributed by atoms with Gasteiger partial charge in [0.1, 0.15) is 5.82 Å². The Balaban J connectivity index is 1.97. The van der Waals surface area contributed by atoms with Gasteiger partial charge in [-0.15, -0.1) is 10.2 Å². The second-order valence-corrected chi connectivity index (χ2v) is 6.15. The zero-order valence-electron chi connectivity index (χ0n) is 12.9. The minimum absolute atomic E-state index is 0.116. The zero-order chi connectivity index (χ0) is 16.1. The second kappa shape index (κ2) is 7.40. The van der Waals surface area contributed by atoms with E-state index < -0.39 is 0 Å². The van der Waals surface area contributed by atoms with Crippen molar-refractivity contribution in [1.82, 2.24) is 19.7 Å². The highest BCUT2D eigenvalue weighted by Gasteiger charge is 2.14. The summed E-state index contributed by atoms with van der Waals surface area (Å²) in [5, 5.41) is 8.88. The first-order valence-corrected chi connectivity index (χ1v) is 7.96. The van der Waals surface area contributed by atoms with Crippen LogP contribution in [0.15, 0.2) is 29.4 Å². The van der Waals surface area contributed by atoms with Gasteiger partial charge in [-0.3, -0.25) is 4.79 Å². The molecule has 0 unspecified atom stereocenters. The summed E-state index contributed by atoms with van der Waals surface area (Å²) in [5.74, 6) is 1.07. The molecule has 0 bridgehead atoms. The Morgan fingerprint density at radius 2 is 2.05 bits per heavy atom. The largest absolute Gasteiger partial charge is 0.349 e. The van der Waals surface area contributed by atoms with Gasteiger partial charge >= 0.3 is 0 Å². The third-order valence-electron chi connectivity index (χ3n) is 3.21. The zero-order valence-corrected chi connectivity index (χ0v) is 13.7. The van der Waals surface area contributed by atoms with Gasteiger partial charge in [-0.1, -0.05) is 23.9 Å². The van der Waals surface area contributed by atoms with Crippen molar-refractivity contribution in [3.8, 4) is 11.4 Å². The number of aromatic nitrogens is 3. The van der Waals surface area contributed by atoms with Gasteiger partial charge in [0, 0.05) is 33.3 Å². The third kappa shape index (κ3) is 3.85. The van der Waals surface area contributed by atoms with Crippen molar-refractivity contribution in [3.05, 3.63) is 30.1 Å². The van der Waals surface area contributed by atoms with E-state index in [2.05, 4.69) is 10.2 Å². The molecule has 0 radical (unpaired) electrons. The molecule has 1 aromatic carbocycles. The van der Waals surface area contributed by atoms with E-state index >= 15 is 0 Å². The van der Waals surface area contributed by atoms with Gasteiger partial charge in [-0.05, 0) is 18.6 Å². The van der Waals surface area contributed by atoms with Crippen molar-refractivity contribution >= 4 is 17.7 Å². The molecule has 1 amide bonds. The van der Waals surface area contributed by atoms with Crippen LogP contribution in [0.4, 0.5) is 4.39 Å². The fraction of sp³-hybridized carbons (Fsp3) is 0.400. The molecular weight excluding hydrogens is 303 g/mol. The Bertz CT molecular complexity index is 657. The topological polar surface area (TPSA) is 51.0 Å². The number of thioether (sulfide) groups is 1. The molecule has 22 heavy (non-hydrogen) atoms. The van der Waals surface area contributed by atoms with Crippen molar-refractivity contribution in [2.75, 3.05) is 19.8 Å². The summed E-state index contributed by atoms with van der Waals surface area (Å²) in [5.41, 5.74) is 0.437. The fourth-order valence-corrected chi connectivity index (χ4v) is 2.78. The highest BCUT2D eigenvalue weighted by molar-refractivity contribution is 7.99. The molecule has 2 rings (SSSR count). The first-order valence-electron chi connectivity index (χ1n) is 6.98. The molecule has 2 aromatic rings. The van der Waals surface area contributed by atoms with E-state index in [1.807, 2.05) is 7.05 Å². The lowest BCUT2D eigenvalue weighted by molar-refractivity contribution is -0.128. The number of carbonyl (C=O) groups excluding carboxylic acids is 1. The van der Waals surface area contributed by atoms with Crippen LogP contribution < -0.4 is 0 Å². The molecule has 0 aliphatic heterocycles. The van der Waals surface area contributed by atoms with Crippen LogP contribution in [0.25, 0.3) is 11.4 Å². The Labute approximate surface area is 133 Å². The van der Waals surface area contributed by atoms with Crippen molar-refractivity contribution < 1.29 is 9.18 Å². The van der Waals surface area contributed by atoms with E-state index in [-0.39, 0.29) is 11.7 Å². The maximum absolute atomic E-state index is 13.8.